The molecule has 79 heavy (non-hydrogen) atoms. The second-order valence-electron chi connectivity index (χ2n) is 21.8. The van der Waals surface area contributed by atoms with Crippen LogP contribution in [0.4, 0.5) is 0 Å². The molecule has 5 heterocycles. The molecular formula is C72H46N6S. The third kappa shape index (κ3) is 6.19. The Kier molecular flexibility index (Phi) is 9.50. The van der Waals surface area contributed by atoms with Crippen LogP contribution in [0, 0.1) is 22.7 Å². The van der Waals surface area contributed by atoms with Crippen molar-refractivity contribution in [2.24, 2.45) is 0 Å². The predicted octanol–water partition coefficient (Wildman–Crippen LogP) is 19.2. The van der Waals surface area contributed by atoms with Crippen molar-refractivity contribution in [3.63, 3.8) is 0 Å². The fourth-order valence-corrected chi connectivity index (χ4v) is 14.6. The Morgan fingerprint density at radius 1 is 0.342 bits per heavy atom. The number of para-hydroxylation sites is 6. The quantitative estimate of drug-likeness (QED) is 0.172. The molecule has 0 saturated heterocycles. The number of nitrogens with zero attached hydrogens (tertiary/aromatic N) is 6. The van der Waals surface area contributed by atoms with Gasteiger partial charge in [-0.3, -0.25) is 0 Å². The molecule has 0 N–H and O–H groups in total. The Labute approximate surface area is 458 Å². The summed E-state index contributed by atoms with van der Waals surface area (Å²) in [5, 5.41) is 36.5. The normalized spacial score (nSPS) is 12.2. The Balaban J connectivity index is 1.23. The predicted molar refractivity (Wildman–Crippen MR) is 330 cm³/mol. The zero-order valence-electron chi connectivity index (χ0n) is 43.5. The van der Waals surface area contributed by atoms with Crippen molar-refractivity contribution in [2.75, 3.05) is 0 Å². The number of thiophene rings is 1. The van der Waals surface area contributed by atoms with Crippen molar-refractivity contribution in [1.29, 1.82) is 10.5 Å². The van der Waals surface area contributed by atoms with Gasteiger partial charge in [-0.15, -0.1) is 11.3 Å². The number of hydrogen-bond acceptors (Lipinski definition) is 3. The molecule has 16 aromatic rings. The van der Waals surface area contributed by atoms with Gasteiger partial charge in [0.05, 0.1) is 71.6 Å². The molecule has 11 aromatic carbocycles. The lowest BCUT2D eigenvalue weighted by molar-refractivity contribution is 0.592. The van der Waals surface area contributed by atoms with Gasteiger partial charge in [0.1, 0.15) is 23.3 Å². The van der Waals surface area contributed by atoms with E-state index in [0.717, 1.165) is 108 Å². The van der Waals surface area contributed by atoms with Crippen molar-refractivity contribution in [3.05, 3.63) is 241 Å². The number of benzene rings is 11. The van der Waals surface area contributed by atoms with Crippen LogP contribution in [0.5, 0.6) is 0 Å². The van der Waals surface area contributed by atoms with Gasteiger partial charge in [0.25, 0.3) is 0 Å². The SMILES string of the molecule is CC(C)(C)c1ccccc1-c1ccc2c3ccc4c5ccccc5sc4c3n(-c3c(C#N)c(-n4c5ccccc5c5ccccc54)c(-n4c5ccccc5c5ccccc54)c(C#N)c3-n3c4ccccc4c4ccccc43)c2c1. The summed E-state index contributed by atoms with van der Waals surface area (Å²) < 4.78 is 11.5. The van der Waals surface area contributed by atoms with E-state index >= 15 is 0 Å². The van der Waals surface area contributed by atoms with Crippen molar-refractivity contribution in [3.8, 4) is 46.0 Å². The van der Waals surface area contributed by atoms with Gasteiger partial charge in [0.2, 0.25) is 0 Å². The van der Waals surface area contributed by atoms with E-state index in [2.05, 4.69) is 276 Å². The molecule has 16 rings (SSSR count). The van der Waals surface area contributed by atoms with E-state index in [1.54, 1.807) is 11.3 Å². The van der Waals surface area contributed by atoms with Crippen molar-refractivity contribution >= 4 is 119 Å². The second-order valence-corrected chi connectivity index (χ2v) is 22.8. The minimum absolute atomic E-state index is 0.152. The van der Waals surface area contributed by atoms with Gasteiger partial charge in [0, 0.05) is 58.6 Å². The van der Waals surface area contributed by atoms with Crippen LogP contribution in [0.15, 0.2) is 224 Å². The molecule has 7 heteroatoms. The van der Waals surface area contributed by atoms with E-state index in [1.165, 1.54) is 15.6 Å². The van der Waals surface area contributed by atoms with Gasteiger partial charge in [-0.25, -0.2) is 0 Å². The highest BCUT2D eigenvalue weighted by molar-refractivity contribution is 7.26. The summed E-state index contributed by atoms with van der Waals surface area (Å²) in [6.07, 6.45) is 0. The van der Waals surface area contributed by atoms with E-state index in [4.69, 9.17) is 0 Å². The molecule has 0 fully saturated rings. The van der Waals surface area contributed by atoms with Gasteiger partial charge in [0.15, 0.2) is 0 Å². The topological polar surface area (TPSA) is 67.3 Å². The first-order valence-electron chi connectivity index (χ1n) is 26.8. The van der Waals surface area contributed by atoms with Crippen LogP contribution in [0.2, 0.25) is 0 Å². The van der Waals surface area contributed by atoms with Gasteiger partial charge in [-0.05, 0) is 70.6 Å². The van der Waals surface area contributed by atoms with E-state index in [-0.39, 0.29) is 5.41 Å². The Morgan fingerprint density at radius 3 is 1.14 bits per heavy atom. The number of nitriles is 2. The standard InChI is InChI=1S/C72H46N6S/c1-72(2,3)57-28-12-4-20-44(57)43-36-37-51-53-38-39-54-52-27-11-19-35-65(52)79-71(54)70(53)78(64(51)40-43)69-56(42-74)67(76-60-31-15-7-23-47(60)48-24-8-16-32-61(48)76)66(75-58-29-13-5-21-45(58)46-22-6-14-30-59(46)75)55(41-73)68(69)77-62-33-17-9-25-49(62)50-26-10-18-34-63(50)77/h4-40H,1-3H3. The summed E-state index contributed by atoms with van der Waals surface area (Å²) in [6.45, 7) is 6.82. The van der Waals surface area contributed by atoms with Gasteiger partial charge >= 0.3 is 0 Å². The Bertz CT molecular complexity index is 5240. The van der Waals surface area contributed by atoms with Crippen LogP contribution in [0.1, 0.15) is 37.5 Å². The van der Waals surface area contributed by atoms with Crippen molar-refractivity contribution in [2.45, 2.75) is 26.2 Å². The molecule has 0 saturated carbocycles. The summed E-state index contributed by atoms with van der Waals surface area (Å²) >= 11 is 1.78. The third-order valence-electron chi connectivity index (χ3n) is 16.6. The second kappa shape index (κ2) is 16.7. The Hall–Kier alpha value is -10.2. The molecule has 0 amide bonds. The molecule has 0 aliphatic carbocycles. The number of aromatic nitrogens is 4. The molecule has 6 nitrogen and oxygen atoms in total. The molecule has 370 valence electrons. The maximum absolute atomic E-state index is 13.0. The van der Waals surface area contributed by atoms with Gasteiger partial charge < -0.3 is 18.3 Å². The Morgan fingerprint density at radius 2 is 0.696 bits per heavy atom. The molecule has 0 aliphatic rings. The lowest BCUT2D eigenvalue weighted by atomic mass is 9.82. The average molecular weight is 1030 g/mol. The minimum atomic E-state index is -0.152. The molecule has 0 aliphatic heterocycles. The van der Waals surface area contributed by atoms with Crippen LogP contribution in [-0.2, 0) is 5.41 Å². The van der Waals surface area contributed by atoms with Crippen molar-refractivity contribution in [1.82, 2.24) is 18.3 Å². The summed E-state index contributed by atoms with van der Waals surface area (Å²) in [6, 6.07) is 85.7. The van der Waals surface area contributed by atoms with Gasteiger partial charge in [-0.2, -0.15) is 10.5 Å². The first-order chi connectivity index (χ1) is 38.8. The largest absolute Gasteiger partial charge is 0.306 e. The van der Waals surface area contributed by atoms with E-state index in [1.807, 2.05) is 0 Å². The number of rotatable bonds is 5. The van der Waals surface area contributed by atoms with Crippen LogP contribution in [0.25, 0.3) is 141 Å². The van der Waals surface area contributed by atoms with E-state index < -0.39 is 0 Å². The number of hydrogen-bond donors (Lipinski definition) is 0. The van der Waals surface area contributed by atoms with Crippen LogP contribution in [-0.4, -0.2) is 18.3 Å². The molecule has 0 spiro atoms. The molecular weight excluding hydrogens is 981 g/mol. The molecule has 0 bridgehead atoms. The fraction of sp³-hybridized carbons (Fsp3) is 0.0556. The molecule has 5 aromatic heterocycles. The third-order valence-corrected chi connectivity index (χ3v) is 17.8. The molecule has 0 radical (unpaired) electrons. The molecule has 0 unspecified atom stereocenters. The van der Waals surface area contributed by atoms with Crippen LogP contribution >= 0.6 is 11.3 Å². The van der Waals surface area contributed by atoms with Crippen LogP contribution in [0.3, 0.4) is 0 Å². The number of fused-ring (bicyclic) bond motifs is 16. The monoisotopic (exact) mass is 1030 g/mol. The highest BCUT2D eigenvalue weighted by Crippen LogP contribution is 2.51. The highest BCUT2D eigenvalue weighted by Gasteiger charge is 2.35. The fourth-order valence-electron chi connectivity index (χ4n) is 13.3. The summed E-state index contributed by atoms with van der Waals surface area (Å²) in [7, 11) is 0. The smallest absolute Gasteiger partial charge is 0.104 e. The molecule has 0 atom stereocenters. The van der Waals surface area contributed by atoms with E-state index in [0.29, 0.717) is 33.9 Å². The first kappa shape index (κ1) is 45.1. The zero-order chi connectivity index (χ0) is 52.8. The average Bonchev–Trinajstić information content (AvgIpc) is 4.26. The summed E-state index contributed by atoms with van der Waals surface area (Å²) in [5.41, 5.74) is 14.1. The minimum Gasteiger partial charge on any atom is -0.306 e. The van der Waals surface area contributed by atoms with E-state index in [9.17, 15) is 10.5 Å². The summed E-state index contributed by atoms with van der Waals surface area (Å²) in [4.78, 5) is 0. The zero-order valence-corrected chi connectivity index (χ0v) is 44.3. The van der Waals surface area contributed by atoms with Gasteiger partial charge in [-0.1, -0.05) is 197 Å². The van der Waals surface area contributed by atoms with Crippen molar-refractivity contribution < 1.29 is 0 Å². The maximum Gasteiger partial charge on any atom is 0.104 e. The highest BCUT2D eigenvalue weighted by atomic mass is 32.1. The first-order valence-corrected chi connectivity index (χ1v) is 27.6. The van der Waals surface area contributed by atoms with Crippen LogP contribution < -0.4 is 0 Å². The maximum atomic E-state index is 13.0. The summed E-state index contributed by atoms with van der Waals surface area (Å²) in [5.74, 6) is 0. The lowest BCUT2D eigenvalue weighted by Crippen LogP contribution is -2.16. The lowest BCUT2D eigenvalue weighted by Gasteiger charge is -2.27.